The third kappa shape index (κ3) is 5.38. The molecule has 0 heterocycles. The van der Waals surface area contributed by atoms with Crippen LogP contribution in [0.2, 0.25) is 0 Å². The molecule has 1 saturated carbocycles. The van der Waals surface area contributed by atoms with Crippen LogP contribution >= 0.6 is 0 Å². The van der Waals surface area contributed by atoms with E-state index in [1.165, 1.54) is 12.1 Å². The van der Waals surface area contributed by atoms with Crippen molar-refractivity contribution in [1.29, 1.82) is 0 Å². The van der Waals surface area contributed by atoms with E-state index in [1.54, 1.807) is 12.1 Å². The van der Waals surface area contributed by atoms with Crippen molar-refractivity contribution in [2.75, 3.05) is 6.54 Å². The van der Waals surface area contributed by atoms with Gasteiger partial charge in [-0.3, -0.25) is 9.59 Å². The Morgan fingerprint density at radius 2 is 1.85 bits per heavy atom. The molecule has 2 amide bonds. The molecule has 1 aliphatic carbocycles. The van der Waals surface area contributed by atoms with Crippen molar-refractivity contribution in [2.45, 2.75) is 38.1 Å². The fraction of sp³-hybridized carbons (Fsp3) is 0.467. The van der Waals surface area contributed by atoms with Crippen LogP contribution in [-0.4, -0.2) is 24.4 Å². The largest absolute Gasteiger partial charge is 0.352 e. The number of nitrogens with one attached hydrogen (secondary N) is 2. The van der Waals surface area contributed by atoms with Crippen molar-refractivity contribution in [1.82, 2.24) is 10.6 Å². The molecule has 2 N–H and O–H groups in total. The zero-order valence-corrected chi connectivity index (χ0v) is 11.3. The molecule has 0 aliphatic heterocycles. The maximum Gasteiger partial charge on any atom is 0.239 e. The van der Waals surface area contributed by atoms with Gasteiger partial charge in [-0.1, -0.05) is 12.1 Å². The average Bonchev–Trinajstić information content (AvgIpc) is 3.23. The molecule has 0 radical (unpaired) electrons. The molecule has 108 valence electrons. The van der Waals surface area contributed by atoms with E-state index < -0.39 is 0 Å². The summed E-state index contributed by atoms with van der Waals surface area (Å²) in [5, 5.41) is 5.41. The molecule has 1 aromatic carbocycles. The van der Waals surface area contributed by atoms with Crippen molar-refractivity contribution in [2.24, 2.45) is 0 Å². The van der Waals surface area contributed by atoms with E-state index in [-0.39, 0.29) is 24.2 Å². The SMILES string of the molecule is O=C(CCCc1ccc(F)cc1)NCC(=O)NC1CC1. The van der Waals surface area contributed by atoms with Crippen molar-refractivity contribution < 1.29 is 14.0 Å². The number of benzene rings is 1. The van der Waals surface area contributed by atoms with E-state index in [2.05, 4.69) is 10.6 Å². The zero-order valence-electron chi connectivity index (χ0n) is 11.3. The van der Waals surface area contributed by atoms with E-state index in [4.69, 9.17) is 0 Å². The minimum Gasteiger partial charge on any atom is -0.352 e. The molecule has 4 nitrogen and oxygen atoms in total. The van der Waals surface area contributed by atoms with Gasteiger partial charge in [0.05, 0.1) is 6.54 Å². The van der Waals surface area contributed by atoms with E-state index in [9.17, 15) is 14.0 Å². The summed E-state index contributed by atoms with van der Waals surface area (Å²) < 4.78 is 12.7. The standard InChI is InChI=1S/C15H19FN2O2/c16-12-6-4-11(5-7-12)2-1-3-14(19)17-10-15(20)18-13-8-9-13/h4-7,13H,1-3,8-10H2,(H,17,19)(H,18,20). The number of halogens is 1. The van der Waals surface area contributed by atoms with Crippen LogP contribution in [0.15, 0.2) is 24.3 Å². The molecule has 0 spiro atoms. The molecule has 20 heavy (non-hydrogen) atoms. The van der Waals surface area contributed by atoms with Crippen LogP contribution in [0, 0.1) is 5.82 Å². The highest BCUT2D eigenvalue weighted by Crippen LogP contribution is 2.18. The average molecular weight is 278 g/mol. The smallest absolute Gasteiger partial charge is 0.239 e. The first-order chi connectivity index (χ1) is 9.63. The van der Waals surface area contributed by atoms with Crippen LogP contribution in [-0.2, 0) is 16.0 Å². The highest BCUT2D eigenvalue weighted by atomic mass is 19.1. The van der Waals surface area contributed by atoms with Gasteiger partial charge in [-0.05, 0) is 43.4 Å². The highest BCUT2D eigenvalue weighted by molar-refractivity contribution is 5.84. The van der Waals surface area contributed by atoms with E-state index in [1.807, 2.05) is 0 Å². The Morgan fingerprint density at radius 3 is 2.50 bits per heavy atom. The van der Waals surface area contributed by atoms with Crippen molar-refractivity contribution in [3.8, 4) is 0 Å². The molecular formula is C15H19FN2O2. The lowest BCUT2D eigenvalue weighted by Crippen LogP contribution is -2.37. The molecular weight excluding hydrogens is 259 g/mol. The molecule has 1 aliphatic rings. The number of hydrogen-bond acceptors (Lipinski definition) is 2. The molecule has 5 heteroatoms. The number of amides is 2. The van der Waals surface area contributed by atoms with Crippen LogP contribution in [0.3, 0.4) is 0 Å². The number of aryl methyl sites for hydroxylation is 1. The first-order valence-electron chi connectivity index (χ1n) is 6.94. The highest BCUT2D eigenvalue weighted by Gasteiger charge is 2.22. The van der Waals surface area contributed by atoms with Gasteiger partial charge in [0.15, 0.2) is 0 Å². The second kappa shape index (κ2) is 7.03. The number of carbonyl (C=O) groups is 2. The van der Waals surface area contributed by atoms with Crippen molar-refractivity contribution in [3.05, 3.63) is 35.6 Å². The lowest BCUT2D eigenvalue weighted by Gasteiger charge is -2.06. The molecule has 0 bridgehead atoms. The fourth-order valence-electron chi connectivity index (χ4n) is 1.88. The second-order valence-electron chi connectivity index (χ2n) is 5.10. The quantitative estimate of drug-likeness (QED) is 0.795. The molecule has 1 aromatic rings. The van der Waals surface area contributed by atoms with Crippen LogP contribution in [0.25, 0.3) is 0 Å². The van der Waals surface area contributed by atoms with Crippen LogP contribution < -0.4 is 10.6 Å². The Balaban J connectivity index is 1.57. The van der Waals surface area contributed by atoms with Gasteiger partial charge in [0.25, 0.3) is 0 Å². The summed E-state index contributed by atoms with van der Waals surface area (Å²) in [5.41, 5.74) is 1.01. The van der Waals surface area contributed by atoms with Crippen molar-refractivity contribution >= 4 is 11.8 Å². The molecule has 1 fully saturated rings. The molecule has 0 aromatic heterocycles. The Hall–Kier alpha value is -1.91. The Labute approximate surface area is 117 Å². The van der Waals surface area contributed by atoms with Gasteiger partial charge in [-0.15, -0.1) is 0 Å². The van der Waals surface area contributed by atoms with Gasteiger partial charge in [-0.25, -0.2) is 4.39 Å². The molecule has 0 atom stereocenters. The second-order valence-corrected chi connectivity index (χ2v) is 5.10. The van der Waals surface area contributed by atoms with Gasteiger partial charge in [0.2, 0.25) is 11.8 Å². The fourth-order valence-corrected chi connectivity index (χ4v) is 1.88. The summed E-state index contributed by atoms with van der Waals surface area (Å²) in [6, 6.07) is 6.58. The minimum atomic E-state index is -0.256. The first kappa shape index (κ1) is 14.5. The van der Waals surface area contributed by atoms with Gasteiger partial charge in [0.1, 0.15) is 5.82 Å². The lowest BCUT2D eigenvalue weighted by molar-refractivity contribution is -0.126. The summed E-state index contributed by atoms with van der Waals surface area (Å²) in [7, 11) is 0. The monoisotopic (exact) mass is 278 g/mol. The van der Waals surface area contributed by atoms with Gasteiger partial charge < -0.3 is 10.6 Å². The molecule has 0 unspecified atom stereocenters. The number of hydrogen-bond donors (Lipinski definition) is 2. The predicted molar refractivity (Wildman–Crippen MR) is 73.5 cm³/mol. The van der Waals surface area contributed by atoms with E-state index >= 15 is 0 Å². The molecule has 2 rings (SSSR count). The van der Waals surface area contributed by atoms with Crippen LogP contribution in [0.1, 0.15) is 31.2 Å². The normalized spacial score (nSPS) is 13.8. The summed E-state index contributed by atoms with van der Waals surface area (Å²) >= 11 is 0. The van der Waals surface area contributed by atoms with Crippen molar-refractivity contribution in [3.63, 3.8) is 0 Å². The minimum absolute atomic E-state index is 0.0475. The van der Waals surface area contributed by atoms with Gasteiger partial charge >= 0.3 is 0 Å². The number of carbonyl (C=O) groups excluding carboxylic acids is 2. The summed E-state index contributed by atoms with van der Waals surface area (Å²) in [4.78, 5) is 22.9. The summed E-state index contributed by atoms with van der Waals surface area (Å²) in [6.07, 6.45) is 3.85. The Bertz CT molecular complexity index is 469. The first-order valence-corrected chi connectivity index (χ1v) is 6.94. The topological polar surface area (TPSA) is 58.2 Å². The summed E-state index contributed by atoms with van der Waals surface area (Å²) in [5.74, 6) is -0.509. The third-order valence-electron chi connectivity index (χ3n) is 3.17. The Kier molecular flexibility index (Phi) is 5.09. The maximum absolute atomic E-state index is 12.7. The zero-order chi connectivity index (χ0) is 14.4. The van der Waals surface area contributed by atoms with Crippen LogP contribution in [0.5, 0.6) is 0 Å². The predicted octanol–water partition coefficient (Wildman–Crippen LogP) is 1.54. The Morgan fingerprint density at radius 1 is 1.15 bits per heavy atom. The lowest BCUT2D eigenvalue weighted by atomic mass is 10.1. The van der Waals surface area contributed by atoms with E-state index in [0.717, 1.165) is 24.8 Å². The maximum atomic E-state index is 12.7. The third-order valence-corrected chi connectivity index (χ3v) is 3.17. The summed E-state index contributed by atoms with van der Waals surface area (Å²) in [6.45, 7) is 0.0475. The molecule has 0 saturated heterocycles. The van der Waals surface area contributed by atoms with Crippen LogP contribution in [0.4, 0.5) is 4.39 Å². The van der Waals surface area contributed by atoms with Gasteiger partial charge in [0, 0.05) is 12.5 Å². The van der Waals surface area contributed by atoms with Gasteiger partial charge in [-0.2, -0.15) is 0 Å². The van der Waals surface area contributed by atoms with E-state index in [0.29, 0.717) is 18.9 Å². The number of rotatable bonds is 7.